The van der Waals surface area contributed by atoms with Gasteiger partial charge in [0.05, 0.1) is 0 Å². The van der Waals surface area contributed by atoms with Crippen molar-refractivity contribution in [3.63, 3.8) is 0 Å². The summed E-state index contributed by atoms with van der Waals surface area (Å²) in [6.07, 6.45) is 6.76. The van der Waals surface area contributed by atoms with Crippen LogP contribution in [0.4, 0.5) is 0 Å². The third kappa shape index (κ3) is 1.41. The summed E-state index contributed by atoms with van der Waals surface area (Å²) in [6.45, 7) is 7.39. The van der Waals surface area contributed by atoms with E-state index in [1.807, 2.05) is 7.05 Å². The molecule has 0 aromatic heterocycles. The van der Waals surface area contributed by atoms with Crippen LogP contribution >= 0.6 is 0 Å². The monoisotopic (exact) mass is 193 g/mol. The maximum Gasteiger partial charge on any atom is 0.0276 e. The second-order valence-electron chi connectivity index (χ2n) is 6.22. The fraction of sp³-hybridized carbons (Fsp3) is 0.923. The summed E-state index contributed by atoms with van der Waals surface area (Å²) in [5, 5.41) is 0. The first kappa shape index (κ1) is 10.2. The molecule has 0 N–H and O–H groups in total. The van der Waals surface area contributed by atoms with Gasteiger partial charge in [-0.05, 0) is 42.4 Å². The Morgan fingerprint density at radius 2 is 1.93 bits per heavy atom. The van der Waals surface area contributed by atoms with Gasteiger partial charge in [0, 0.05) is 12.8 Å². The molecule has 2 aliphatic rings. The van der Waals surface area contributed by atoms with Crippen molar-refractivity contribution in [1.82, 2.24) is 0 Å². The summed E-state index contributed by atoms with van der Waals surface area (Å²) in [6, 6.07) is 0. The molecule has 0 heterocycles. The first-order valence-electron chi connectivity index (χ1n) is 5.92. The predicted molar refractivity (Wildman–Crippen MR) is 61.8 cm³/mol. The summed E-state index contributed by atoms with van der Waals surface area (Å²) >= 11 is 0. The van der Waals surface area contributed by atoms with E-state index in [1.54, 1.807) is 0 Å². The quantitative estimate of drug-likeness (QED) is 0.556. The van der Waals surface area contributed by atoms with Crippen LogP contribution in [0.5, 0.6) is 0 Å². The van der Waals surface area contributed by atoms with Gasteiger partial charge in [-0.3, -0.25) is 4.99 Å². The van der Waals surface area contributed by atoms with Gasteiger partial charge in [-0.15, -0.1) is 0 Å². The molecule has 0 spiro atoms. The summed E-state index contributed by atoms with van der Waals surface area (Å²) in [7, 11) is 1.96. The molecule has 14 heavy (non-hydrogen) atoms. The Hall–Kier alpha value is -0.330. The molecule has 0 aromatic carbocycles. The van der Waals surface area contributed by atoms with E-state index in [0.29, 0.717) is 10.8 Å². The highest BCUT2D eigenvalue weighted by atomic mass is 14.7. The van der Waals surface area contributed by atoms with Gasteiger partial charge in [0.1, 0.15) is 0 Å². The van der Waals surface area contributed by atoms with Crippen LogP contribution in [-0.2, 0) is 0 Å². The molecule has 0 aromatic rings. The maximum absolute atomic E-state index is 4.44. The second-order valence-corrected chi connectivity index (χ2v) is 6.22. The minimum Gasteiger partial charge on any atom is -0.297 e. The highest BCUT2D eigenvalue weighted by molar-refractivity contribution is 5.87. The van der Waals surface area contributed by atoms with Crippen molar-refractivity contribution < 1.29 is 0 Å². The molecular weight excluding hydrogens is 170 g/mol. The van der Waals surface area contributed by atoms with Crippen LogP contribution < -0.4 is 0 Å². The van der Waals surface area contributed by atoms with Gasteiger partial charge >= 0.3 is 0 Å². The minimum absolute atomic E-state index is 0.541. The Kier molecular flexibility index (Phi) is 2.24. The van der Waals surface area contributed by atoms with Gasteiger partial charge in [-0.2, -0.15) is 0 Å². The number of fused-ring (bicyclic) bond motifs is 1. The Bertz CT molecular complexity index is 264. The predicted octanol–water partition coefficient (Wildman–Crippen LogP) is 3.68. The lowest BCUT2D eigenvalue weighted by molar-refractivity contribution is 0.0286. The van der Waals surface area contributed by atoms with Crippen LogP contribution in [0, 0.1) is 16.7 Å². The maximum atomic E-state index is 4.44. The van der Waals surface area contributed by atoms with Gasteiger partial charge in [0.2, 0.25) is 0 Å². The number of rotatable bonds is 0. The lowest BCUT2D eigenvalue weighted by Crippen LogP contribution is -2.38. The number of nitrogens with zero attached hydrogens (tertiary/aromatic N) is 1. The van der Waals surface area contributed by atoms with E-state index in [4.69, 9.17) is 0 Å². The van der Waals surface area contributed by atoms with E-state index < -0.39 is 0 Å². The average molecular weight is 193 g/mol. The zero-order valence-corrected chi connectivity index (χ0v) is 10.1. The Balaban J connectivity index is 2.29. The molecule has 2 atom stereocenters. The van der Waals surface area contributed by atoms with Gasteiger partial charge in [0.25, 0.3) is 0 Å². The van der Waals surface area contributed by atoms with Crippen molar-refractivity contribution in [3.8, 4) is 0 Å². The molecule has 0 aliphatic heterocycles. The molecule has 0 amide bonds. The number of hydrogen-bond donors (Lipinski definition) is 0. The summed E-state index contributed by atoms with van der Waals surface area (Å²) in [5.74, 6) is 0.877. The summed E-state index contributed by atoms with van der Waals surface area (Å²) < 4.78 is 0. The van der Waals surface area contributed by atoms with Crippen LogP contribution in [0.15, 0.2) is 4.99 Å². The first-order chi connectivity index (χ1) is 6.48. The molecule has 0 bridgehead atoms. The molecule has 2 saturated carbocycles. The molecule has 0 radical (unpaired) electrons. The van der Waals surface area contributed by atoms with Gasteiger partial charge in [-0.1, -0.05) is 27.2 Å². The number of aliphatic imine (C=N–C) groups is 1. The Morgan fingerprint density at radius 1 is 1.21 bits per heavy atom. The third-order valence-corrected chi connectivity index (χ3v) is 4.72. The second kappa shape index (κ2) is 3.08. The Morgan fingerprint density at radius 3 is 2.50 bits per heavy atom. The molecule has 2 rings (SSSR count). The molecule has 0 saturated heterocycles. The SMILES string of the molecule is CN=C1C[C@H]2C(C)(C)CCC[C@@]2(C)C1. The summed E-state index contributed by atoms with van der Waals surface area (Å²) in [4.78, 5) is 4.44. The minimum atomic E-state index is 0.541. The fourth-order valence-electron chi connectivity index (χ4n) is 3.92. The van der Waals surface area contributed by atoms with Crippen molar-refractivity contribution in [2.75, 3.05) is 7.05 Å². The van der Waals surface area contributed by atoms with E-state index in [1.165, 1.54) is 37.8 Å². The normalized spacial score (nSPS) is 44.0. The van der Waals surface area contributed by atoms with Crippen LogP contribution in [0.25, 0.3) is 0 Å². The zero-order valence-electron chi connectivity index (χ0n) is 10.1. The smallest absolute Gasteiger partial charge is 0.0276 e. The topological polar surface area (TPSA) is 12.4 Å². The first-order valence-corrected chi connectivity index (χ1v) is 5.92. The fourth-order valence-corrected chi connectivity index (χ4v) is 3.92. The summed E-state index contributed by atoms with van der Waals surface area (Å²) in [5.41, 5.74) is 2.57. The van der Waals surface area contributed by atoms with Crippen LogP contribution in [-0.4, -0.2) is 12.8 Å². The standard InChI is InChI=1S/C13H23N/c1-12(2)6-5-7-13(3)9-10(14-4)8-11(12)13/h11H,5-9H2,1-4H3/t11-,13-/m0/s1. The number of hydrogen-bond acceptors (Lipinski definition) is 1. The molecular formula is C13H23N. The lowest BCUT2D eigenvalue weighted by atomic mass is 9.58. The van der Waals surface area contributed by atoms with E-state index in [0.717, 1.165) is 5.92 Å². The van der Waals surface area contributed by atoms with Crippen LogP contribution in [0.2, 0.25) is 0 Å². The molecule has 0 unspecified atom stereocenters. The largest absolute Gasteiger partial charge is 0.297 e. The van der Waals surface area contributed by atoms with Crippen molar-refractivity contribution in [2.24, 2.45) is 21.7 Å². The van der Waals surface area contributed by atoms with Gasteiger partial charge < -0.3 is 0 Å². The Labute approximate surface area is 88.0 Å². The van der Waals surface area contributed by atoms with E-state index in [2.05, 4.69) is 25.8 Å². The van der Waals surface area contributed by atoms with Gasteiger partial charge in [-0.25, -0.2) is 0 Å². The lowest BCUT2D eigenvalue weighted by Gasteiger charge is -2.46. The highest BCUT2D eigenvalue weighted by Crippen LogP contribution is 2.58. The van der Waals surface area contributed by atoms with Crippen molar-refractivity contribution in [3.05, 3.63) is 0 Å². The highest BCUT2D eigenvalue weighted by Gasteiger charge is 2.50. The molecule has 1 nitrogen and oxygen atoms in total. The average Bonchev–Trinajstić information content (AvgIpc) is 2.43. The zero-order chi connectivity index (χ0) is 10.4. The molecule has 80 valence electrons. The third-order valence-electron chi connectivity index (χ3n) is 4.72. The van der Waals surface area contributed by atoms with E-state index in [9.17, 15) is 0 Å². The molecule has 2 aliphatic carbocycles. The van der Waals surface area contributed by atoms with Crippen molar-refractivity contribution in [1.29, 1.82) is 0 Å². The van der Waals surface area contributed by atoms with E-state index in [-0.39, 0.29) is 0 Å². The molecule has 2 fully saturated rings. The van der Waals surface area contributed by atoms with Crippen LogP contribution in [0.1, 0.15) is 52.9 Å². The molecule has 1 heteroatoms. The van der Waals surface area contributed by atoms with Crippen LogP contribution in [0.3, 0.4) is 0 Å². The van der Waals surface area contributed by atoms with Crippen molar-refractivity contribution in [2.45, 2.75) is 52.9 Å². The van der Waals surface area contributed by atoms with E-state index >= 15 is 0 Å². The van der Waals surface area contributed by atoms with Gasteiger partial charge in [0.15, 0.2) is 0 Å². The van der Waals surface area contributed by atoms with Crippen molar-refractivity contribution >= 4 is 5.71 Å².